The van der Waals surface area contributed by atoms with Crippen LogP contribution >= 0.6 is 0 Å². The molecule has 0 saturated heterocycles. The Morgan fingerprint density at radius 1 is 1.18 bits per heavy atom. The molecule has 86 valence electrons. The van der Waals surface area contributed by atoms with Gasteiger partial charge < -0.3 is 10.1 Å². The van der Waals surface area contributed by atoms with Gasteiger partial charge in [0.25, 0.3) is 5.91 Å². The van der Waals surface area contributed by atoms with Crippen LogP contribution in [-0.2, 0) is 0 Å². The third-order valence-corrected chi connectivity index (χ3v) is 2.05. The van der Waals surface area contributed by atoms with Crippen molar-refractivity contribution in [3.05, 3.63) is 48.4 Å². The molecule has 5 heteroatoms. The maximum absolute atomic E-state index is 11.2. The van der Waals surface area contributed by atoms with E-state index in [0.717, 1.165) is 0 Å². The van der Waals surface area contributed by atoms with Crippen LogP contribution < -0.4 is 10.1 Å². The van der Waals surface area contributed by atoms with Gasteiger partial charge >= 0.3 is 0 Å². The number of ether oxygens (including phenoxy) is 1. The molecule has 0 radical (unpaired) electrons. The summed E-state index contributed by atoms with van der Waals surface area (Å²) in [6.45, 7) is 0. The molecule has 0 aliphatic rings. The van der Waals surface area contributed by atoms with Crippen LogP contribution in [0, 0.1) is 0 Å². The lowest BCUT2D eigenvalue weighted by atomic mass is 10.3. The quantitative estimate of drug-likeness (QED) is 0.868. The van der Waals surface area contributed by atoms with Gasteiger partial charge in [-0.25, -0.2) is 9.97 Å². The molecule has 0 bridgehead atoms. The molecule has 0 fully saturated rings. The molecular formula is C12H11N3O2. The number of benzene rings is 1. The summed E-state index contributed by atoms with van der Waals surface area (Å²) in [5.74, 6) is 0.752. The summed E-state index contributed by atoms with van der Waals surface area (Å²) in [5.41, 5.74) is 0.257. The van der Waals surface area contributed by atoms with Crippen LogP contribution in [0.15, 0.2) is 42.7 Å². The number of hydrogen-bond acceptors (Lipinski definition) is 4. The summed E-state index contributed by atoms with van der Waals surface area (Å²) in [4.78, 5) is 19.2. The van der Waals surface area contributed by atoms with E-state index in [2.05, 4.69) is 15.3 Å². The second-order valence-electron chi connectivity index (χ2n) is 3.23. The molecule has 0 aliphatic heterocycles. The molecule has 0 unspecified atom stereocenters. The zero-order valence-corrected chi connectivity index (χ0v) is 9.25. The van der Waals surface area contributed by atoms with Gasteiger partial charge in [-0.3, -0.25) is 4.79 Å². The number of nitrogens with zero attached hydrogens (tertiary/aromatic N) is 2. The largest absolute Gasteiger partial charge is 0.438 e. The number of carbonyl (C=O) groups excluding carboxylic acids is 1. The van der Waals surface area contributed by atoms with Crippen molar-refractivity contribution in [2.75, 3.05) is 7.05 Å². The molecule has 0 atom stereocenters. The van der Waals surface area contributed by atoms with Crippen molar-refractivity contribution < 1.29 is 9.53 Å². The molecule has 2 rings (SSSR count). The SMILES string of the molecule is CNC(=O)c1cnc(Oc2ccccc2)cn1. The highest BCUT2D eigenvalue weighted by Crippen LogP contribution is 2.17. The lowest BCUT2D eigenvalue weighted by Gasteiger charge is -2.04. The third-order valence-electron chi connectivity index (χ3n) is 2.05. The minimum atomic E-state index is -0.274. The van der Waals surface area contributed by atoms with Gasteiger partial charge in [0.15, 0.2) is 0 Å². The van der Waals surface area contributed by atoms with Crippen molar-refractivity contribution in [2.24, 2.45) is 0 Å². The Kier molecular flexibility index (Phi) is 3.30. The number of amides is 1. The summed E-state index contributed by atoms with van der Waals surface area (Å²) in [7, 11) is 1.54. The zero-order chi connectivity index (χ0) is 12.1. The van der Waals surface area contributed by atoms with Gasteiger partial charge in [0.1, 0.15) is 11.4 Å². The van der Waals surface area contributed by atoms with Crippen LogP contribution in [0.5, 0.6) is 11.6 Å². The van der Waals surface area contributed by atoms with E-state index < -0.39 is 0 Å². The van der Waals surface area contributed by atoms with Gasteiger partial charge in [0, 0.05) is 7.05 Å². The van der Waals surface area contributed by atoms with Gasteiger partial charge in [-0.1, -0.05) is 18.2 Å². The fourth-order valence-electron chi connectivity index (χ4n) is 1.22. The highest BCUT2D eigenvalue weighted by atomic mass is 16.5. The molecule has 0 aliphatic carbocycles. The van der Waals surface area contributed by atoms with Crippen LogP contribution in [-0.4, -0.2) is 22.9 Å². The van der Waals surface area contributed by atoms with Crippen molar-refractivity contribution in [3.8, 4) is 11.6 Å². The summed E-state index contributed by atoms with van der Waals surface area (Å²) >= 11 is 0. The van der Waals surface area contributed by atoms with E-state index in [1.807, 2.05) is 30.3 Å². The van der Waals surface area contributed by atoms with E-state index in [9.17, 15) is 4.79 Å². The summed E-state index contributed by atoms with van der Waals surface area (Å²) in [6, 6.07) is 9.25. The fraction of sp³-hybridized carbons (Fsp3) is 0.0833. The molecule has 17 heavy (non-hydrogen) atoms. The Morgan fingerprint density at radius 3 is 2.53 bits per heavy atom. The lowest BCUT2D eigenvalue weighted by Crippen LogP contribution is -2.19. The standard InChI is InChI=1S/C12H11N3O2/c1-13-12(16)10-7-15-11(8-14-10)17-9-5-3-2-4-6-9/h2-8H,1H3,(H,13,16). The number of hydrogen-bond donors (Lipinski definition) is 1. The second kappa shape index (κ2) is 5.07. The Balaban J connectivity index is 2.11. The first-order valence-corrected chi connectivity index (χ1v) is 5.06. The Hall–Kier alpha value is -2.43. The average Bonchev–Trinajstić information content (AvgIpc) is 2.40. The minimum absolute atomic E-state index is 0.257. The minimum Gasteiger partial charge on any atom is -0.438 e. The first kappa shape index (κ1) is 11.1. The van der Waals surface area contributed by atoms with E-state index in [1.54, 1.807) is 7.05 Å². The molecule has 1 N–H and O–H groups in total. The van der Waals surface area contributed by atoms with E-state index in [0.29, 0.717) is 11.6 Å². The zero-order valence-electron chi connectivity index (χ0n) is 9.25. The molecule has 1 aromatic heterocycles. The van der Waals surface area contributed by atoms with Crippen molar-refractivity contribution in [1.82, 2.24) is 15.3 Å². The highest BCUT2D eigenvalue weighted by Gasteiger charge is 2.05. The predicted octanol–water partition coefficient (Wildman–Crippen LogP) is 1.63. The molecule has 1 aromatic carbocycles. The number of carbonyl (C=O) groups is 1. The van der Waals surface area contributed by atoms with Crippen molar-refractivity contribution in [2.45, 2.75) is 0 Å². The van der Waals surface area contributed by atoms with Gasteiger partial charge in [-0.05, 0) is 12.1 Å². The Morgan fingerprint density at radius 2 is 1.94 bits per heavy atom. The third kappa shape index (κ3) is 2.78. The number of nitrogens with one attached hydrogen (secondary N) is 1. The van der Waals surface area contributed by atoms with Gasteiger partial charge in [0.05, 0.1) is 12.4 Å². The van der Waals surface area contributed by atoms with Gasteiger partial charge in [-0.2, -0.15) is 0 Å². The van der Waals surface area contributed by atoms with Crippen molar-refractivity contribution in [3.63, 3.8) is 0 Å². The van der Waals surface area contributed by atoms with Gasteiger partial charge in [0.2, 0.25) is 5.88 Å². The molecular weight excluding hydrogens is 218 g/mol. The lowest BCUT2D eigenvalue weighted by molar-refractivity contribution is 0.0957. The molecule has 2 aromatic rings. The monoisotopic (exact) mass is 229 g/mol. The molecule has 5 nitrogen and oxygen atoms in total. The van der Waals surface area contributed by atoms with Crippen molar-refractivity contribution in [1.29, 1.82) is 0 Å². The van der Waals surface area contributed by atoms with Crippen LogP contribution in [0.1, 0.15) is 10.5 Å². The van der Waals surface area contributed by atoms with E-state index in [1.165, 1.54) is 12.4 Å². The maximum Gasteiger partial charge on any atom is 0.271 e. The van der Waals surface area contributed by atoms with E-state index >= 15 is 0 Å². The molecule has 1 heterocycles. The van der Waals surface area contributed by atoms with Gasteiger partial charge in [-0.15, -0.1) is 0 Å². The summed E-state index contributed by atoms with van der Waals surface area (Å²) < 4.78 is 5.44. The number of aromatic nitrogens is 2. The van der Waals surface area contributed by atoms with Crippen LogP contribution in [0.4, 0.5) is 0 Å². The molecule has 0 spiro atoms. The topological polar surface area (TPSA) is 64.1 Å². The summed E-state index contributed by atoms with van der Waals surface area (Å²) in [5, 5.41) is 2.47. The average molecular weight is 229 g/mol. The second-order valence-corrected chi connectivity index (χ2v) is 3.23. The van der Waals surface area contributed by atoms with Crippen LogP contribution in [0.25, 0.3) is 0 Å². The predicted molar refractivity (Wildman–Crippen MR) is 61.9 cm³/mol. The van der Waals surface area contributed by atoms with E-state index in [4.69, 9.17) is 4.74 Å². The molecule has 0 saturated carbocycles. The first-order valence-electron chi connectivity index (χ1n) is 5.06. The normalized spacial score (nSPS) is 9.71. The summed E-state index contributed by atoms with van der Waals surface area (Å²) in [6.07, 6.45) is 2.79. The first-order chi connectivity index (χ1) is 8.29. The Labute approximate surface area is 98.5 Å². The number of para-hydroxylation sites is 1. The fourth-order valence-corrected chi connectivity index (χ4v) is 1.22. The maximum atomic E-state index is 11.2. The van der Waals surface area contributed by atoms with Crippen LogP contribution in [0.3, 0.4) is 0 Å². The molecule has 1 amide bonds. The smallest absolute Gasteiger partial charge is 0.271 e. The Bertz CT molecular complexity index is 497. The number of rotatable bonds is 3. The van der Waals surface area contributed by atoms with E-state index in [-0.39, 0.29) is 11.6 Å². The highest BCUT2D eigenvalue weighted by molar-refractivity contribution is 5.91. The van der Waals surface area contributed by atoms with Crippen molar-refractivity contribution >= 4 is 5.91 Å². The van der Waals surface area contributed by atoms with Crippen LogP contribution in [0.2, 0.25) is 0 Å².